The number of carbonyl (C=O) groups excluding carboxylic acids is 1. The van der Waals surface area contributed by atoms with Crippen LogP contribution in [0.25, 0.3) is 5.65 Å². The number of pyridine rings is 1. The highest BCUT2D eigenvalue weighted by Crippen LogP contribution is 2.19. The minimum atomic E-state index is -0.547. The number of benzene rings is 1. The number of hydrogen-bond acceptors (Lipinski definition) is 3. The van der Waals surface area contributed by atoms with E-state index in [0.717, 1.165) is 11.6 Å². The van der Waals surface area contributed by atoms with E-state index in [1.165, 1.54) is 12.1 Å². The number of halogens is 2. The lowest BCUT2D eigenvalue weighted by Gasteiger charge is -2.05. The molecule has 2 aromatic heterocycles. The van der Waals surface area contributed by atoms with E-state index in [4.69, 9.17) is 11.6 Å². The summed E-state index contributed by atoms with van der Waals surface area (Å²) in [5, 5.41) is 10.6. The van der Waals surface area contributed by atoms with Gasteiger partial charge in [0.05, 0.1) is 10.6 Å². The third-order valence-electron chi connectivity index (χ3n) is 2.96. The molecule has 1 aromatic carbocycles. The number of anilines is 1. The highest BCUT2D eigenvalue weighted by molar-refractivity contribution is 6.34. The zero-order chi connectivity index (χ0) is 15.0. The molecule has 3 rings (SSSR count). The van der Waals surface area contributed by atoms with Gasteiger partial charge < -0.3 is 0 Å². The Hall–Kier alpha value is -2.47. The number of hydrogen-bond donors (Lipinski definition) is 1. The molecule has 0 bridgehead atoms. The van der Waals surface area contributed by atoms with Crippen molar-refractivity contribution in [3.8, 4) is 0 Å². The summed E-state index contributed by atoms with van der Waals surface area (Å²) in [6, 6.07) is 7.29. The molecular weight excluding hydrogens is 295 g/mol. The van der Waals surface area contributed by atoms with Gasteiger partial charge in [-0.3, -0.25) is 14.5 Å². The third-order valence-corrected chi connectivity index (χ3v) is 3.29. The number of aromatic nitrogens is 3. The molecule has 0 aliphatic rings. The largest absolute Gasteiger partial charge is 0.290 e. The summed E-state index contributed by atoms with van der Waals surface area (Å²) in [5.74, 6) is -0.837. The summed E-state index contributed by atoms with van der Waals surface area (Å²) in [7, 11) is 0. The van der Waals surface area contributed by atoms with Crippen LogP contribution in [0.3, 0.4) is 0 Å². The highest BCUT2D eigenvalue weighted by Gasteiger charge is 2.14. The Bertz CT molecular complexity index is 846. The molecule has 0 saturated carbocycles. The first-order chi connectivity index (χ1) is 10.0. The van der Waals surface area contributed by atoms with Crippen molar-refractivity contribution in [3.63, 3.8) is 0 Å². The molecule has 1 amide bonds. The van der Waals surface area contributed by atoms with Crippen molar-refractivity contribution in [1.82, 2.24) is 14.6 Å². The molecule has 0 aliphatic heterocycles. The third kappa shape index (κ3) is 2.57. The number of nitrogens with one attached hydrogen (secondary N) is 1. The molecule has 7 heteroatoms. The van der Waals surface area contributed by atoms with Crippen LogP contribution in [0.15, 0.2) is 36.5 Å². The van der Waals surface area contributed by atoms with Gasteiger partial charge in [0.25, 0.3) is 5.91 Å². The predicted molar refractivity (Wildman–Crippen MR) is 77.1 cm³/mol. The SMILES string of the molecule is Cc1ccn2c(NC(=O)c3cc(F)ccc3Cl)nnc2c1. The zero-order valence-electron chi connectivity index (χ0n) is 11.0. The molecule has 0 fully saturated rings. The minimum absolute atomic E-state index is 0.0422. The fraction of sp³-hybridized carbons (Fsp3) is 0.0714. The highest BCUT2D eigenvalue weighted by atomic mass is 35.5. The van der Waals surface area contributed by atoms with Crippen LogP contribution < -0.4 is 5.32 Å². The monoisotopic (exact) mass is 304 g/mol. The van der Waals surface area contributed by atoms with Crippen molar-refractivity contribution in [2.45, 2.75) is 6.92 Å². The Morgan fingerprint density at radius 2 is 2.10 bits per heavy atom. The van der Waals surface area contributed by atoms with Crippen LogP contribution in [-0.2, 0) is 0 Å². The smallest absolute Gasteiger partial charge is 0.259 e. The van der Waals surface area contributed by atoms with Gasteiger partial charge >= 0.3 is 0 Å². The van der Waals surface area contributed by atoms with Crippen molar-refractivity contribution < 1.29 is 9.18 Å². The molecule has 0 atom stereocenters. The summed E-state index contributed by atoms with van der Waals surface area (Å²) < 4.78 is 14.8. The van der Waals surface area contributed by atoms with Gasteiger partial charge in [-0.25, -0.2) is 4.39 Å². The number of rotatable bonds is 2. The maximum Gasteiger partial charge on any atom is 0.259 e. The fourth-order valence-electron chi connectivity index (χ4n) is 1.92. The van der Waals surface area contributed by atoms with Crippen molar-refractivity contribution >= 4 is 29.1 Å². The lowest BCUT2D eigenvalue weighted by atomic mass is 10.2. The number of fused-ring (bicyclic) bond motifs is 1. The number of carbonyl (C=O) groups is 1. The zero-order valence-corrected chi connectivity index (χ0v) is 11.7. The summed E-state index contributed by atoms with van der Waals surface area (Å²) in [5.41, 5.74) is 1.68. The summed E-state index contributed by atoms with van der Waals surface area (Å²) in [6.45, 7) is 1.93. The maximum absolute atomic E-state index is 13.2. The number of amides is 1. The van der Waals surface area contributed by atoms with Crippen LogP contribution in [0.2, 0.25) is 5.02 Å². The summed E-state index contributed by atoms with van der Waals surface area (Å²) in [6.07, 6.45) is 1.74. The molecule has 106 valence electrons. The van der Waals surface area contributed by atoms with Gasteiger partial charge in [0.2, 0.25) is 5.95 Å². The van der Waals surface area contributed by atoms with E-state index in [2.05, 4.69) is 15.5 Å². The van der Waals surface area contributed by atoms with Crippen LogP contribution in [0.5, 0.6) is 0 Å². The molecule has 0 unspecified atom stereocenters. The van der Waals surface area contributed by atoms with Crippen molar-refractivity contribution in [1.29, 1.82) is 0 Å². The topological polar surface area (TPSA) is 59.3 Å². The van der Waals surface area contributed by atoms with Crippen LogP contribution in [0, 0.1) is 12.7 Å². The van der Waals surface area contributed by atoms with Gasteiger partial charge in [-0.15, -0.1) is 10.2 Å². The summed E-state index contributed by atoms with van der Waals surface area (Å²) in [4.78, 5) is 12.2. The average molecular weight is 305 g/mol. The van der Waals surface area contributed by atoms with E-state index in [-0.39, 0.29) is 16.5 Å². The molecule has 21 heavy (non-hydrogen) atoms. The standard InChI is InChI=1S/C14H10ClFN4O/c1-8-4-5-20-12(6-8)18-19-14(20)17-13(21)10-7-9(16)2-3-11(10)15/h2-7H,1H3,(H,17,19,21). The van der Waals surface area contributed by atoms with E-state index >= 15 is 0 Å². The molecule has 0 saturated heterocycles. The Morgan fingerprint density at radius 3 is 2.90 bits per heavy atom. The van der Waals surface area contributed by atoms with E-state index in [9.17, 15) is 9.18 Å². The Morgan fingerprint density at radius 1 is 1.29 bits per heavy atom. The lowest BCUT2D eigenvalue weighted by Crippen LogP contribution is -2.15. The van der Waals surface area contributed by atoms with Gasteiger partial charge in [-0.1, -0.05) is 11.6 Å². The molecule has 5 nitrogen and oxygen atoms in total. The molecular formula is C14H10ClFN4O. The summed E-state index contributed by atoms with van der Waals surface area (Å²) >= 11 is 5.90. The van der Waals surface area contributed by atoms with Gasteiger partial charge in [0.1, 0.15) is 5.82 Å². The first kappa shape index (κ1) is 13.5. The molecule has 2 heterocycles. The number of aryl methyl sites for hydroxylation is 1. The molecule has 0 radical (unpaired) electrons. The van der Waals surface area contributed by atoms with Crippen molar-refractivity contribution in [3.05, 3.63) is 58.5 Å². The van der Waals surface area contributed by atoms with Crippen LogP contribution in [0.1, 0.15) is 15.9 Å². The van der Waals surface area contributed by atoms with E-state index < -0.39 is 11.7 Å². The quantitative estimate of drug-likeness (QED) is 0.791. The maximum atomic E-state index is 13.2. The van der Waals surface area contributed by atoms with Gasteiger partial charge in [0, 0.05) is 6.20 Å². The predicted octanol–water partition coefficient (Wildman–Crippen LogP) is 3.08. The Balaban J connectivity index is 1.95. The van der Waals surface area contributed by atoms with E-state index in [1.54, 1.807) is 10.6 Å². The van der Waals surface area contributed by atoms with Gasteiger partial charge in [0.15, 0.2) is 5.65 Å². The fourth-order valence-corrected chi connectivity index (χ4v) is 2.12. The molecule has 3 aromatic rings. The van der Waals surface area contributed by atoms with E-state index in [1.807, 2.05) is 19.1 Å². The van der Waals surface area contributed by atoms with Crippen LogP contribution >= 0.6 is 11.6 Å². The first-order valence-corrected chi connectivity index (χ1v) is 6.50. The average Bonchev–Trinajstić information content (AvgIpc) is 2.83. The lowest BCUT2D eigenvalue weighted by molar-refractivity contribution is 0.102. The second-order valence-corrected chi connectivity index (χ2v) is 4.94. The van der Waals surface area contributed by atoms with E-state index in [0.29, 0.717) is 5.65 Å². The van der Waals surface area contributed by atoms with Crippen molar-refractivity contribution in [2.75, 3.05) is 5.32 Å². The van der Waals surface area contributed by atoms with Gasteiger partial charge in [-0.2, -0.15) is 0 Å². The molecule has 0 aliphatic carbocycles. The van der Waals surface area contributed by atoms with Crippen molar-refractivity contribution in [2.24, 2.45) is 0 Å². The first-order valence-electron chi connectivity index (χ1n) is 6.12. The molecule has 1 N–H and O–H groups in total. The Labute approximate surface area is 124 Å². The second-order valence-electron chi connectivity index (χ2n) is 4.53. The van der Waals surface area contributed by atoms with Gasteiger partial charge in [-0.05, 0) is 42.8 Å². The van der Waals surface area contributed by atoms with Crippen LogP contribution in [-0.4, -0.2) is 20.5 Å². The normalized spacial score (nSPS) is 10.8. The minimum Gasteiger partial charge on any atom is -0.290 e. The van der Waals surface area contributed by atoms with Crippen LogP contribution in [0.4, 0.5) is 10.3 Å². The number of nitrogens with zero attached hydrogens (tertiary/aromatic N) is 3. The Kier molecular flexibility index (Phi) is 3.31. The molecule has 0 spiro atoms. The second kappa shape index (κ2) is 5.14.